The number of hydrogen-bond acceptors (Lipinski definition) is 3. The van der Waals surface area contributed by atoms with Gasteiger partial charge in [0.15, 0.2) is 5.96 Å². The fourth-order valence-corrected chi connectivity index (χ4v) is 2.40. The molecule has 0 saturated carbocycles. The molecule has 0 aliphatic heterocycles. The Morgan fingerprint density at radius 2 is 2.04 bits per heavy atom. The Morgan fingerprint density at radius 3 is 2.62 bits per heavy atom. The molecular formula is C17H27IN6. The number of halogens is 1. The highest BCUT2D eigenvalue weighted by Crippen LogP contribution is 2.12. The molecule has 2 N–H and O–H groups in total. The van der Waals surface area contributed by atoms with E-state index in [2.05, 4.69) is 39.6 Å². The van der Waals surface area contributed by atoms with Crippen molar-refractivity contribution in [3.05, 3.63) is 47.0 Å². The molecule has 6 nitrogen and oxygen atoms in total. The van der Waals surface area contributed by atoms with Crippen molar-refractivity contribution in [2.24, 2.45) is 12.0 Å². The van der Waals surface area contributed by atoms with Crippen molar-refractivity contribution in [1.82, 2.24) is 25.4 Å². The van der Waals surface area contributed by atoms with Crippen LogP contribution in [0.25, 0.3) is 0 Å². The lowest BCUT2D eigenvalue weighted by Crippen LogP contribution is -2.38. The standard InChI is InChI=1S/C17H26N6.HI/c1-5-18-17(20-11-9-15-8-6-7-10-19-15)21-12-16-13(2)22-23(4)14(16)3;/h6-8,10H,5,9,11-12H2,1-4H3,(H2,18,20,21);1H. The number of guanidine groups is 1. The largest absolute Gasteiger partial charge is 0.357 e. The third-order valence-electron chi connectivity index (χ3n) is 3.80. The molecule has 2 rings (SSSR count). The lowest BCUT2D eigenvalue weighted by atomic mass is 10.2. The zero-order valence-electron chi connectivity index (χ0n) is 14.8. The Labute approximate surface area is 161 Å². The van der Waals surface area contributed by atoms with E-state index in [0.29, 0.717) is 6.54 Å². The highest BCUT2D eigenvalue weighted by Gasteiger charge is 2.08. The fourth-order valence-electron chi connectivity index (χ4n) is 2.40. The Hall–Kier alpha value is -1.64. The maximum atomic E-state index is 4.67. The van der Waals surface area contributed by atoms with E-state index in [0.717, 1.165) is 42.6 Å². The van der Waals surface area contributed by atoms with Crippen LogP contribution in [0.2, 0.25) is 0 Å². The van der Waals surface area contributed by atoms with Crippen LogP contribution in [0.15, 0.2) is 29.4 Å². The molecule has 2 heterocycles. The van der Waals surface area contributed by atoms with Gasteiger partial charge in [-0.3, -0.25) is 9.67 Å². The SMILES string of the molecule is CCNC(=NCc1c(C)nn(C)c1C)NCCc1ccccn1.I. The summed E-state index contributed by atoms with van der Waals surface area (Å²) in [5.74, 6) is 0.825. The molecule has 0 fully saturated rings. The summed E-state index contributed by atoms with van der Waals surface area (Å²) >= 11 is 0. The molecule has 0 radical (unpaired) electrons. The number of rotatable bonds is 6. The molecule has 132 valence electrons. The van der Waals surface area contributed by atoms with Gasteiger partial charge in [0.1, 0.15) is 0 Å². The van der Waals surface area contributed by atoms with E-state index in [1.165, 1.54) is 5.56 Å². The van der Waals surface area contributed by atoms with Crippen LogP contribution < -0.4 is 10.6 Å². The van der Waals surface area contributed by atoms with E-state index in [9.17, 15) is 0 Å². The number of hydrogen-bond donors (Lipinski definition) is 2. The molecular weight excluding hydrogens is 415 g/mol. The first-order valence-electron chi connectivity index (χ1n) is 8.03. The van der Waals surface area contributed by atoms with Gasteiger partial charge in [0.05, 0.1) is 12.2 Å². The minimum Gasteiger partial charge on any atom is -0.357 e. The van der Waals surface area contributed by atoms with Gasteiger partial charge in [-0.1, -0.05) is 6.07 Å². The molecule has 0 atom stereocenters. The first kappa shape index (κ1) is 20.4. The first-order valence-corrected chi connectivity index (χ1v) is 8.03. The van der Waals surface area contributed by atoms with Gasteiger partial charge in [-0.15, -0.1) is 24.0 Å². The summed E-state index contributed by atoms with van der Waals surface area (Å²) in [6.45, 7) is 8.43. The molecule has 0 spiro atoms. The van der Waals surface area contributed by atoms with Gasteiger partial charge in [0.25, 0.3) is 0 Å². The second kappa shape index (κ2) is 10.3. The van der Waals surface area contributed by atoms with Crippen molar-refractivity contribution in [2.75, 3.05) is 13.1 Å². The molecule has 2 aromatic heterocycles. The Kier molecular flexibility index (Phi) is 8.73. The summed E-state index contributed by atoms with van der Waals surface area (Å²) in [5.41, 5.74) is 4.47. The van der Waals surface area contributed by atoms with E-state index in [1.807, 2.05) is 43.0 Å². The zero-order chi connectivity index (χ0) is 16.7. The normalized spacial score (nSPS) is 11.1. The predicted molar refractivity (Wildman–Crippen MR) is 109 cm³/mol. The third-order valence-corrected chi connectivity index (χ3v) is 3.80. The van der Waals surface area contributed by atoms with Crippen molar-refractivity contribution >= 4 is 29.9 Å². The van der Waals surface area contributed by atoms with Crippen LogP contribution in [0.4, 0.5) is 0 Å². The van der Waals surface area contributed by atoms with Crippen LogP contribution in [0, 0.1) is 13.8 Å². The number of aliphatic imine (C=N–C) groups is 1. The Morgan fingerprint density at radius 1 is 1.25 bits per heavy atom. The van der Waals surface area contributed by atoms with Crippen molar-refractivity contribution in [1.29, 1.82) is 0 Å². The molecule has 0 saturated heterocycles. The summed E-state index contributed by atoms with van der Waals surface area (Å²) in [6, 6.07) is 5.98. The molecule has 0 unspecified atom stereocenters. The van der Waals surface area contributed by atoms with Crippen molar-refractivity contribution in [3.63, 3.8) is 0 Å². The topological polar surface area (TPSA) is 67.1 Å². The average molecular weight is 442 g/mol. The van der Waals surface area contributed by atoms with Crippen molar-refractivity contribution in [3.8, 4) is 0 Å². The molecule has 24 heavy (non-hydrogen) atoms. The summed E-state index contributed by atoms with van der Waals surface area (Å²) in [7, 11) is 1.96. The Bertz CT molecular complexity index is 651. The lowest BCUT2D eigenvalue weighted by Gasteiger charge is -2.11. The first-order chi connectivity index (χ1) is 11.1. The zero-order valence-corrected chi connectivity index (χ0v) is 17.2. The van der Waals surface area contributed by atoms with Gasteiger partial charge in [0.2, 0.25) is 0 Å². The molecule has 0 bridgehead atoms. The minimum absolute atomic E-state index is 0. The van der Waals surface area contributed by atoms with E-state index in [1.54, 1.807) is 0 Å². The highest BCUT2D eigenvalue weighted by molar-refractivity contribution is 14.0. The van der Waals surface area contributed by atoms with E-state index in [4.69, 9.17) is 0 Å². The summed E-state index contributed by atoms with van der Waals surface area (Å²) in [5, 5.41) is 11.1. The fraction of sp³-hybridized carbons (Fsp3) is 0.471. The quantitative estimate of drug-likeness (QED) is 0.410. The number of nitrogens with one attached hydrogen (secondary N) is 2. The van der Waals surface area contributed by atoms with Gasteiger partial charge >= 0.3 is 0 Å². The second-order valence-electron chi connectivity index (χ2n) is 5.47. The molecule has 0 aromatic carbocycles. The second-order valence-corrected chi connectivity index (χ2v) is 5.47. The van der Waals surface area contributed by atoms with Crippen LogP contribution in [0.3, 0.4) is 0 Å². The molecule has 0 aliphatic carbocycles. The summed E-state index contributed by atoms with van der Waals surface area (Å²) in [4.78, 5) is 9.00. The maximum Gasteiger partial charge on any atom is 0.191 e. The van der Waals surface area contributed by atoms with Gasteiger partial charge in [-0.2, -0.15) is 5.10 Å². The number of aryl methyl sites for hydroxylation is 2. The molecule has 2 aromatic rings. The summed E-state index contributed by atoms with van der Waals surface area (Å²) in [6.07, 6.45) is 2.69. The number of nitrogens with zero attached hydrogens (tertiary/aromatic N) is 4. The van der Waals surface area contributed by atoms with E-state index < -0.39 is 0 Å². The smallest absolute Gasteiger partial charge is 0.191 e. The number of aromatic nitrogens is 3. The lowest BCUT2D eigenvalue weighted by molar-refractivity contribution is 0.729. The van der Waals surface area contributed by atoms with Crippen LogP contribution >= 0.6 is 24.0 Å². The predicted octanol–water partition coefficient (Wildman–Crippen LogP) is 2.35. The van der Waals surface area contributed by atoms with Crippen molar-refractivity contribution < 1.29 is 0 Å². The van der Waals surface area contributed by atoms with E-state index in [-0.39, 0.29) is 24.0 Å². The van der Waals surface area contributed by atoms with Crippen molar-refractivity contribution in [2.45, 2.75) is 33.7 Å². The number of pyridine rings is 1. The van der Waals surface area contributed by atoms with Crippen LogP contribution in [-0.4, -0.2) is 33.8 Å². The van der Waals surface area contributed by atoms with E-state index >= 15 is 0 Å². The monoisotopic (exact) mass is 442 g/mol. The molecule has 7 heteroatoms. The minimum atomic E-state index is 0. The Balaban J connectivity index is 0.00000288. The molecule has 0 aliphatic rings. The van der Waals surface area contributed by atoms with Gasteiger partial charge in [-0.25, -0.2) is 4.99 Å². The molecule has 0 amide bonds. The van der Waals surface area contributed by atoms with Gasteiger partial charge in [-0.05, 0) is 32.9 Å². The van der Waals surface area contributed by atoms with Crippen LogP contribution in [0.1, 0.15) is 29.6 Å². The van der Waals surface area contributed by atoms with Crippen LogP contribution in [0.5, 0.6) is 0 Å². The third kappa shape index (κ3) is 5.77. The maximum absolute atomic E-state index is 4.67. The van der Waals surface area contributed by atoms with Crippen LogP contribution in [-0.2, 0) is 20.0 Å². The van der Waals surface area contributed by atoms with Gasteiger partial charge < -0.3 is 10.6 Å². The highest BCUT2D eigenvalue weighted by atomic mass is 127. The summed E-state index contributed by atoms with van der Waals surface area (Å²) < 4.78 is 1.90. The average Bonchev–Trinajstić information content (AvgIpc) is 2.79. The van der Waals surface area contributed by atoms with Gasteiger partial charge in [0, 0.05) is 49.7 Å².